The van der Waals surface area contributed by atoms with E-state index in [9.17, 15) is 13.2 Å². The molecule has 0 atom stereocenters. The highest BCUT2D eigenvalue weighted by Gasteiger charge is 2.38. The molecule has 1 aliphatic carbocycles. The number of rotatable bonds is 7. The molecule has 0 unspecified atom stereocenters. The maximum Gasteiger partial charge on any atom is 0.420 e. The lowest BCUT2D eigenvalue weighted by molar-refractivity contribution is -0.138. The predicted molar refractivity (Wildman–Crippen MR) is 130 cm³/mol. The van der Waals surface area contributed by atoms with Gasteiger partial charge < -0.3 is 9.47 Å². The molecule has 1 aliphatic heterocycles. The van der Waals surface area contributed by atoms with Gasteiger partial charge >= 0.3 is 6.18 Å². The van der Waals surface area contributed by atoms with Crippen molar-refractivity contribution < 1.29 is 22.6 Å². The second-order valence-corrected chi connectivity index (χ2v) is 9.90. The molecule has 186 valence electrons. The summed E-state index contributed by atoms with van der Waals surface area (Å²) in [5.74, 6) is 1.72. The number of hydrogen-bond acceptors (Lipinski definition) is 3. The Bertz CT molecular complexity index is 987. The Balaban J connectivity index is 1.60. The van der Waals surface area contributed by atoms with E-state index >= 15 is 0 Å². The van der Waals surface area contributed by atoms with Gasteiger partial charge in [0.1, 0.15) is 11.3 Å². The first-order valence-corrected chi connectivity index (χ1v) is 12.6. The van der Waals surface area contributed by atoms with Gasteiger partial charge in [-0.3, -0.25) is 4.90 Å². The Morgan fingerprint density at radius 2 is 1.74 bits per heavy atom. The third-order valence-electron chi connectivity index (χ3n) is 7.40. The fourth-order valence-electron chi connectivity index (χ4n) is 5.43. The molecule has 34 heavy (non-hydrogen) atoms. The van der Waals surface area contributed by atoms with Gasteiger partial charge in [-0.25, -0.2) is 0 Å². The van der Waals surface area contributed by atoms with Gasteiger partial charge in [-0.05, 0) is 81.5 Å². The Morgan fingerprint density at radius 3 is 2.38 bits per heavy atom. The molecule has 2 aliphatic rings. The monoisotopic (exact) mass is 475 g/mol. The number of hydrogen-bond donors (Lipinski definition) is 0. The van der Waals surface area contributed by atoms with Crippen LogP contribution in [0.15, 0.2) is 42.7 Å². The number of halogens is 3. The minimum Gasteiger partial charge on any atom is -0.499 e. The SMILES string of the molecule is C=C(OCC)C1CCN(Cc2cccc3ccc(OC4CCC(C)CC4)c(C(F)(F)F)c23)CC1. The van der Waals surface area contributed by atoms with Crippen LogP contribution in [0.4, 0.5) is 13.2 Å². The summed E-state index contributed by atoms with van der Waals surface area (Å²) in [4.78, 5) is 2.24. The highest BCUT2D eigenvalue weighted by molar-refractivity contribution is 5.91. The highest BCUT2D eigenvalue weighted by Crippen LogP contribution is 2.44. The van der Waals surface area contributed by atoms with Crippen molar-refractivity contribution in [3.63, 3.8) is 0 Å². The van der Waals surface area contributed by atoms with E-state index in [1.807, 2.05) is 19.1 Å². The van der Waals surface area contributed by atoms with Crippen molar-refractivity contribution in [1.82, 2.24) is 4.90 Å². The normalized spacial score (nSPS) is 22.6. The third-order valence-corrected chi connectivity index (χ3v) is 7.40. The molecule has 0 spiro atoms. The number of benzene rings is 2. The van der Waals surface area contributed by atoms with Crippen molar-refractivity contribution in [3.8, 4) is 5.75 Å². The van der Waals surface area contributed by atoms with Gasteiger partial charge in [-0.2, -0.15) is 13.2 Å². The van der Waals surface area contributed by atoms with Gasteiger partial charge in [0.25, 0.3) is 0 Å². The van der Waals surface area contributed by atoms with E-state index in [1.54, 1.807) is 12.1 Å². The van der Waals surface area contributed by atoms with E-state index < -0.39 is 11.7 Å². The molecule has 1 saturated heterocycles. The molecule has 1 saturated carbocycles. The fraction of sp³-hybridized carbons (Fsp3) is 0.571. The standard InChI is InChI=1S/C28H36F3NO2/c1-4-33-20(3)21-14-16-32(17-15-21)18-23-7-5-6-22-10-13-25(27(26(22)23)28(29,30)31)34-24-11-8-19(2)9-12-24/h5-7,10,13,19,21,24H,3-4,8-9,11-12,14-18H2,1-2H3. The van der Waals surface area contributed by atoms with Gasteiger partial charge in [-0.1, -0.05) is 37.8 Å². The van der Waals surface area contributed by atoms with Crippen LogP contribution in [0.25, 0.3) is 10.8 Å². The smallest absolute Gasteiger partial charge is 0.420 e. The number of piperidine rings is 1. The van der Waals surface area contributed by atoms with Gasteiger partial charge in [-0.15, -0.1) is 0 Å². The van der Waals surface area contributed by atoms with Crippen LogP contribution < -0.4 is 4.74 Å². The molecule has 4 rings (SSSR count). The average Bonchev–Trinajstić information content (AvgIpc) is 2.80. The van der Waals surface area contributed by atoms with Crippen LogP contribution in [0, 0.1) is 11.8 Å². The van der Waals surface area contributed by atoms with Gasteiger partial charge in [0, 0.05) is 17.8 Å². The van der Waals surface area contributed by atoms with E-state index in [0.717, 1.165) is 57.4 Å². The molecule has 1 heterocycles. The molecular formula is C28H36F3NO2. The summed E-state index contributed by atoms with van der Waals surface area (Å²) in [6.07, 6.45) is 0.774. The number of allylic oxidation sites excluding steroid dienone is 1. The fourth-order valence-corrected chi connectivity index (χ4v) is 5.43. The number of ether oxygens (including phenoxy) is 2. The van der Waals surface area contributed by atoms with Crippen molar-refractivity contribution in [2.24, 2.45) is 11.8 Å². The maximum absolute atomic E-state index is 14.4. The zero-order chi connectivity index (χ0) is 24.3. The molecule has 0 radical (unpaired) electrons. The molecule has 0 N–H and O–H groups in total. The van der Waals surface area contributed by atoms with Crippen LogP contribution in [0.3, 0.4) is 0 Å². The topological polar surface area (TPSA) is 21.7 Å². The first-order valence-electron chi connectivity index (χ1n) is 12.6. The van der Waals surface area contributed by atoms with Gasteiger partial charge in [0.05, 0.1) is 18.5 Å². The second kappa shape index (κ2) is 10.6. The summed E-state index contributed by atoms with van der Waals surface area (Å²) >= 11 is 0. The summed E-state index contributed by atoms with van der Waals surface area (Å²) in [5.41, 5.74) is 0.0773. The molecule has 3 nitrogen and oxygen atoms in total. The molecule has 6 heteroatoms. The second-order valence-electron chi connectivity index (χ2n) is 9.90. The van der Waals surface area contributed by atoms with E-state index in [-0.39, 0.29) is 17.2 Å². The quantitative estimate of drug-likeness (QED) is 0.385. The summed E-state index contributed by atoms with van der Waals surface area (Å²) in [6, 6.07) is 8.73. The lowest BCUT2D eigenvalue weighted by Crippen LogP contribution is -2.34. The molecule has 2 fully saturated rings. The largest absolute Gasteiger partial charge is 0.499 e. The van der Waals surface area contributed by atoms with E-state index in [1.165, 1.54) is 6.07 Å². The minimum atomic E-state index is -4.49. The summed E-state index contributed by atoms with van der Waals surface area (Å²) in [6.45, 7) is 10.9. The number of alkyl halides is 3. The predicted octanol–water partition coefficient (Wildman–Crippen LogP) is 7.58. The lowest BCUT2D eigenvalue weighted by atomic mass is 9.89. The Hall–Kier alpha value is -2.21. The zero-order valence-electron chi connectivity index (χ0n) is 20.3. The van der Waals surface area contributed by atoms with Crippen molar-refractivity contribution >= 4 is 10.8 Å². The first kappa shape index (κ1) is 24.9. The zero-order valence-corrected chi connectivity index (χ0v) is 20.3. The van der Waals surface area contributed by atoms with Crippen LogP contribution in [0.5, 0.6) is 5.75 Å². The summed E-state index contributed by atoms with van der Waals surface area (Å²) < 4.78 is 54.9. The number of likely N-dealkylation sites (tertiary alicyclic amines) is 1. The molecule has 0 amide bonds. The van der Waals surface area contributed by atoms with Crippen LogP contribution in [0.2, 0.25) is 0 Å². The number of fused-ring (bicyclic) bond motifs is 1. The van der Waals surface area contributed by atoms with Crippen molar-refractivity contribution in [1.29, 1.82) is 0 Å². The van der Waals surface area contributed by atoms with E-state index in [2.05, 4.69) is 18.4 Å². The Labute approximate surface area is 200 Å². The Kier molecular flexibility index (Phi) is 7.76. The lowest BCUT2D eigenvalue weighted by Gasteiger charge is -2.33. The van der Waals surface area contributed by atoms with Gasteiger partial charge in [0.15, 0.2) is 0 Å². The van der Waals surface area contributed by atoms with Crippen LogP contribution in [-0.2, 0) is 17.5 Å². The summed E-state index contributed by atoms with van der Waals surface area (Å²) in [7, 11) is 0. The van der Waals surface area contributed by atoms with Crippen LogP contribution >= 0.6 is 0 Å². The average molecular weight is 476 g/mol. The first-order chi connectivity index (χ1) is 16.3. The molecule has 0 aromatic heterocycles. The third kappa shape index (κ3) is 5.70. The summed E-state index contributed by atoms with van der Waals surface area (Å²) in [5, 5.41) is 0.881. The Morgan fingerprint density at radius 1 is 1.03 bits per heavy atom. The van der Waals surface area contributed by atoms with Crippen molar-refractivity contribution in [2.45, 2.75) is 71.2 Å². The molecule has 2 aromatic carbocycles. The van der Waals surface area contributed by atoms with Crippen LogP contribution in [0.1, 0.15) is 63.5 Å². The number of nitrogens with zero attached hydrogens (tertiary/aromatic N) is 1. The van der Waals surface area contributed by atoms with E-state index in [4.69, 9.17) is 9.47 Å². The van der Waals surface area contributed by atoms with Gasteiger partial charge in [0.2, 0.25) is 0 Å². The van der Waals surface area contributed by atoms with Crippen LogP contribution in [-0.4, -0.2) is 30.7 Å². The molecule has 0 bridgehead atoms. The maximum atomic E-state index is 14.4. The minimum absolute atomic E-state index is 0.0290. The molecule has 2 aromatic rings. The highest BCUT2D eigenvalue weighted by atomic mass is 19.4. The van der Waals surface area contributed by atoms with Crippen molar-refractivity contribution in [3.05, 3.63) is 53.8 Å². The molecular weight excluding hydrogens is 439 g/mol. The van der Waals surface area contributed by atoms with Crippen molar-refractivity contribution in [2.75, 3.05) is 19.7 Å². The van der Waals surface area contributed by atoms with E-state index in [0.29, 0.717) is 35.9 Å².